The minimum absolute atomic E-state index is 0.391. The minimum atomic E-state index is 0.391. The Labute approximate surface area is 116 Å². The Morgan fingerprint density at radius 3 is 2.53 bits per heavy atom. The van der Waals surface area contributed by atoms with Crippen LogP contribution >= 0.6 is 0 Å². The molecule has 2 atom stereocenters. The van der Waals surface area contributed by atoms with E-state index in [1.807, 2.05) is 0 Å². The fourth-order valence-corrected chi connectivity index (χ4v) is 3.59. The van der Waals surface area contributed by atoms with Crippen molar-refractivity contribution in [2.24, 2.45) is 11.1 Å². The van der Waals surface area contributed by atoms with Gasteiger partial charge >= 0.3 is 0 Å². The van der Waals surface area contributed by atoms with Gasteiger partial charge in [-0.25, -0.2) is 0 Å². The van der Waals surface area contributed by atoms with E-state index in [0.29, 0.717) is 11.5 Å². The first-order valence-electron chi connectivity index (χ1n) is 7.81. The van der Waals surface area contributed by atoms with Crippen molar-refractivity contribution in [1.29, 1.82) is 0 Å². The zero-order valence-corrected chi connectivity index (χ0v) is 11.8. The van der Waals surface area contributed by atoms with Gasteiger partial charge in [-0.2, -0.15) is 0 Å². The molecule has 2 aliphatic carbocycles. The maximum absolute atomic E-state index is 6.05. The smallest absolute Gasteiger partial charge is 0.0143 e. The van der Waals surface area contributed by atoms with Crippen LogP contribution in [0.3, 0.4) is 0 Å². The van der Waals surface area contributed by atoms with Crippen LogP contribution in [-0.4, -0.2) is 19.1 Å². The van der Waals surface area contributed by atoms with E-state index in [1.165, 1.54) is 44.1 Å². The molecule has 0 spiro atoms. The highest BCUT2D eigenvalue weighted by atomic mass is 15.0. The van der Waals surface area contributed by atoms with Crippen LogP contribution in [-0.2, 0) is 0 Å². The molecule has 19 heavy (non-hydrogen) atoms. The topological polar surface area (TPSA) is 38.0 Å². The number of benzene rings is 1. The number of rotatable bonds is 5. The van der Waals surface area contributed by atoms with Gasteiger partial charge in [-0.3, -0.25) is 0 Å². The van der Waals surface area contributed by atoms with Gasteiger partial charge in [0.25, 0.3) is 0 Å². The summed E-state index contributed by atoms with van der Waals surface area (Å²) in [7, 11) is 0. The van der Waals surface area contributed by atoms with E-state index >= 15 is 0 Å². The highest BCUT2D eigenvalue weighted by Gasteiger charge is 2.40. The van der Waals surface area contributed by atoms with Crippen molar-refractivity contribution in [3.05, 3.63) is 35.9 Å². The van der Waals surface area contributed by atoms with Crippen LogP contribution in [0.15, 0.2) is 30.3 Å². The Kier molecular flexibility index (Phi) is 3.90. The van der Waals surface area contributed by atoms with Gasteiger partial charge in [0.15, 0.2) is 0 Å². The molecule has 0 amide bonds. The van der Waals surface area contributed by atoms with E-state index in [0.717, 1.165) is 19.0 Å². The Hall–Kier alpha value is -0.860. The molecule has 0 bridgehead atoms. The molecular formula is C17H26N2. The molecule has 0 saturated heterocycles. The normalized spacial score (nSPS) is 29.1. The van der Waals surface area contributed by atoms with E-state index < -0.39 is 0 Å². The van der Waals surface area contributed by atoms with Crippen molar-refractivity contribution in [3.63, 3.8) is 0 Å². The van der Waals surface area contributed by atoms with Crippen LogP contribution < -0.4 is 11.1 Å². The molecule has 2 heteroatoms. The van der Waals surface area contributed by atoms with Crippen molar-refractivity contribution in [1.82, 2.24) is 5.32 Å². The Bertz CT molecular complexity index is 395. The maximum Gasteiger partial charge on any atom is 0.0143 e. The number of nitrogens with two attached hydrogens (primary N) is 1. The van der Waals surface area contributed by atoms with E-state index in [1.54, 1.807) is 0 Å². The van der Waals surface area contributed by atoms with Crippen LogP contribution in [0.2, 0.25) is 0 Å². The second-order valence-corrected chi connectivity index (χ2v) is 6.51. The third kappa shape index (κ3) is 3.01. The van der Waals surface area contributed by atoms with Gasteiger partial charge in [0.1, 0.15) is 0 Å². The van der Waals surface area contributed by atoms with Gasteiger partial charge in [0.2, 0.25) is 0 Å². The molecule has 2 nitrogen and oxygen atoms in total. The second-order valence-electron chi connectivity index (χ2n) is 6.51. The third-order valence-corrected chi connectivity index (χ3v) is 5.10. The summed E-state index contributed by atoms with van der Waals surface area (Å²) in [5.74, 6) is 0.736. The second kappa shape index (κ2) is 5.64. The van der Waals surface area contributed by atoms with Gasteiger partial charge in [-0.1, -0.05) is 49.6 Å². The van der Waals surface area contributed by atoms with Crippen molar-refractivity contribution >= 4 is 0 Å². The molecule has 104 valence electrons. The first kappa shape index (κ1) is 13.1. The lowest BCUT2D eigenvalue weighted by molar-refractivity contribution is 0.190. The van der Waals surface area contributed by atoms with Crippen LogP contribution in [0.25, 0.3) is 0 Å². The van der Waals surface area contributed by atoms with Gasteiger partial charge in [-0.15, -0.1) is 0 Å². The quantitative estimate of drug-likeness (QED) is 0.852. The zero-order valence-electron chi connectivity index (χ0n) is 11.8. The predicted octanol–water partition coefficient (Wildman–Crippen LogP) is 3.04. The van der Waals surface area contributed by atoms with Crippen LogP contribution in [0.4, 0.5) is 0 Å². The van der Waals surface area contributed by atoms with Crippen molar-refractivity contribution in [2.45, 2.75) is 50.5 Å². The summed E-state index contributed by atoms with van der Waals surface area (Å²) < 4.78 is 0. The largest absolute Gasteiger partial charge is 0.330 e. The summed E-state index contributed by atoms with van der Waals surface area (Å²) >= 11 is 0. The Morgan fingerprint density at radius 2 is 1.84 bits per heavy atom. The molecule has 2 fully saturated rings. The molecule has 1 aromatic carbocycles. The summed E-state index contributed by atoms with van der Waals surface area (Å²) in [6, 6.07) is 11.6. The van der Waals surface area contributed by atoms with E-state index in [-0.39, 0.29) is 0 Å². The van der Waals surface area contributed by atoms with Gasteiger partial charge < -0.3 is 11.1 Å². The third-order valence-electron chi connectivity index (χ3n) is 5.10. The summed E-state index contributed by atoms with van der Waals surface area (Å²) in [5.41, 5.74) is 7.93. The molecule has 3 N–H and O–H groups in total. The molecule has 2 aliphatic rings. The lowest BCUT2D eigenvalue weighted by atomic mass is 9.74. The van der Waals surface area contributed by atoms with Gasteiger partial charge in [0, 0.05) is 18.5 Å². The Balaban J connectivity index is 1.51. The molecule has 1 aromatic rings. The average molecular weight is 258 g/mol. The SMILES string of the molecule is NCC1(CNC2CC2c2ccccc2)CCCCC1. The predicted molar refractivity (Wildman–Crippen MR) is 80.2 cm³/mol. The standard InChI is InChI=1S/C17H26N2/c18-12-17(9-5-2-6-10-17)13-19-16-11-15(16)14-7-3-1-4-8-14/h1,3-4,7-8,15-16,19H,2,5-6,9-13,18H2. The van der Waals surface area contributed by atoms with E-state index in [2.05, 4.69) is 35.6 Å². The Morgan fingerprint density at radius 1 is 1.11 bits per heavy atom. The first-order chi connectivity index (χ1) is 9.33. The van der Waals surface area contributed by atoms with Crippen molar-refractivity contribution in [2.75, 3.05) is 13.1 Å². The molecule has 2 saturated carbocycles. The van der Waals surface area contributed by atoms with E-state index in [9.17, 15) is 0 Å². The number of nitrogens with one attached hydrogen (secondary N) is 1. The van der Waals surface area contributed by atoms with Crippen LogP contribution in [0, 0.1) is 5.41 Å². The minimum Gasteiger partial charge on any atom is -0.330 e. The van der Waals surface area contributed by atoms with Crippen LogP contribution in [0.5, 0.6) is 0 Å². The summed E-state index contributed by atoms with van der Waals surface area (Å²) in [6.45, 7) is 1.97. The molecule has 0 aromatic heterocycles. The molecule has 3 rings (SSSR count). The molecule has 2 unspecified atom stereocenters. The monoisotopic (exact) mass is 258 g/mol. The zero-order chi connectivity index (χ0) is 13.1. The summed E-state index contributed by atoms with van der Waals surface area (Å²) in [6.07, 6.45) is 8.07. The van der Waals surface area contributed by atoms with Crippen molar-refractivity contribution < 1.29 is 0 Å². The van der Waals surface area contributed by atoms with Crippen molar-refractivity contribution in [3.8, 4) is 0 Å². The molecule has 0 heterocycles. The number of hydrogen-bond acceptors (Lipinski definition) is 2. The van der Waals surface area contributed by atoms with Gasteiger partial charge in [0.05, 0.1) is 0 Å². The van der Waals surface area contributed by atoms with Gasteiger partial charge in [-0.05, 0) is 36.8 Å². The van der Waals surface area contributed by atoms with Crippen LogP contribution in [0.1, 0.15) is 50.0 Å². The highest BCUT2D eigenvalue weighted by Crippen LogP contribution is 2.42. The molecule has 0 aliphatic heterocycles. The van der Waals surface area contributed by atoms with E-state index in [4.69, 9.17) is 5.73 Å². The highest BCUT2D eigenvalue weighted by molar-refractivity contribution is 5.27. The fourth-order valence-electron chi connectivity index (χ4n) is 3.59. The fraction of sp³-hybridized carbons (Fsp3) is 0.647. The lowest BCUT2D eigenvalue weighted by Crippen LogP contribution is -2.42. The molecular weight excluding hydrogens is 232 g/mol. The first-order valence-corrected chi connectivity index (χ1v) is 7.81. The average Bonchev–Trinajstić information content (AvgIpc) is 3.27. The summed E-state index contributed by atoms with van der Waals surface area (Å²) in [5, 5.41) is 3.79. The molecule has 0 radical (unpaired) electrons. The number of hydrogen-bond donors (Lipinski definition) is 2. The lowest BCUT2D eigenvalue weighted by Gasteiger charge is -2.36. The maximum atomic E-state index is 6.05. The summed E-state index contributed by atoms with van der Waals surface area (Å²) in [4.78, 5) is 0.